The van der Waals surface area contributed by atoms with Crippen LogP contribution in [-0.2, 0) is 11.3 Å². The van der Waals surface area contributed by atoms with Crippen molar-refractivity contribution in [3.8, 4) is 0 Å². The average Bonchev–Trinajstić information content (AvgIpc) is 2.89. The molecule has 6 heteroatoms. The molecule has 1 N–H and O–H groups in total. The molecule has 0 aliphatic carbocycles. The number of nitrogens with one attached hydrogen (secondary N) is 1. The van der Waals surface area contributed by atoms with Crippen LogP contribution in [0, 0.1) is 0 Å². The second-order valence-corrected chi connectivity index (χ2v) is 6.69. The maximum Gasteiger partial charge on any atom is 0.269 e. The van der Waals surface area contributed by atoms with E-state index in [4.69, 9.17) is 11.6 Å². The van der Waals surface area contributed by atoms with Gasteiger partial charge in [0.25, 0.3) is 5.56 Å². The topological polar surface area (TPSA) is 51.1 Å². The first kappa shape index (κ1) is 15.8. The van der Waals surface area contributed by atoms with Crippen LogP contribution in [0.3, 0.4) is 0 Å². The lowest BCUT2D eigenvalue weighted by Gasteiger charge is -2.12. The highest BCUT2D eigenvalue weighted by Gasteiger charge is 2.19. The summed E-state index contributed by atoms with van der Waals surface area (Å²) in [6.07, 6.45) is 0. The molecule has 0 radical (unpaired) electrons. The summed E-state index contributed by atoms with van der Waals surface area (Å²) in [6.45, 7) is 2.10. The molecule has 0 fully saturated rings. The summed E-state index contributed by atoms with van der Waals surface area (Å²) < 4.78 is 2.39. The van der Waals surface area contributed by atoms with Gasteiger partial charge in [-0.15, -0.1) is 0 Å². The molecule has 4 nitrogen and oxygen atoms in total. The summed E-state index contributed by atoms with van der Waals surface area (Å²) in [5.41, 5.74) is 0.790. The molecule has 1 amide bonds. The molecule has 1 atom stereocenters. The first-order valence-corrected chi connectivity index (χ1v) is 8.34. The quantitative estimate of drug-likeness (QED) is 0.784. The lowest BCUT2D eigenvalue weighted by atomic mass is 10.2. The largest absolute Gasteiger partial charge is 0.350 e. The van der Waals surface area contributed by atoms with E-state index >= 15 is 0 Å². The van der Waals surface area contributed by atoms with Gasteiger partial charge < -0.3 is 5.32 Å². The number of carbonyl (C=O) groups excluding carboxylic acids is 1. The molecule has 0 saturated heterocycles. The summed E-state index contributed by atoms with van der Waals surface area (Å²) in [4.78, 5) is 24.7. The van der Waals surface area contributed by atoms with Crippen molar-refractivity contribution >= 4 is 39.1 Å². The van der Waals surface area contributed by atoms with E-state index < -0.39 is 6.04 Å². The molecule has 1 heterocycles. The number of halogens is 1. The molecule has 2 aromatic carbocycles. The number of carbonyl (C=O) groups is 1. The zero-order valence-corrected chi connectivity index (χ0v) is 14.0. The van der Waals surface area contributed by atoms with Gasteiger partial charge in [0, 0.05) is 11.6 Å². The van der Waals surface area contributed by atoms with Crippen molar-refractivity contribution in [1.82, 2.24) is 9.27 Å². The Bertz CT molecular complexity index is 916. The third kappa shape index (κ3) is 3.30. The Balaban J connectivity index is 1.76. The molecule has 3 aromatic rings. The van der Waals surface area contributed by atoms with E-state index in [1.54, 1.807) is 25.1 Å². The Labute approximate surface area is 142 Å². The SMILES string of the molecule is CC(C(=O)NCc1cccc(Cl)c1)n1sc2ccccc2c1=O. The van der Waals surface area contributed by atoms with Gasteiger partial charge in [-0.05, 0) is 36.8 Å². The molecule has 0 aliphatic rings. The van der Waals surface area contributed by atoms with Gasteiger partial charge in [0.1, 0.15) is 6.04 Å². The van der Waals surface area contributed by atoms with Gasteiger partial charge in [0.05, 0.1) is 10.1 Å². The molecular formula is C17H15ClN2O2S. The van der Waals surface area contributed by atoms with E-state index in [1.807, 2.05) is 30.3 Å². The van der Waals surface area contributed by atoms with E-state index in [-0.39, 0.29) is 11.5 Å². The molecule has 1 aromatic heterocycles. The standard InChI is InChI=1S/C17H15ClN2O2S/c1-11(16(21)19-10-12-5-4-6-13(18)9-12)20-17(22)14-7-2-3-8-15(14)23-20/h2-9,11H,10H2,1H3,(H,19,21). The minimum Gasteiger partial charge on any atom is -0.350 e. The highest BCUT2D eigenvalue weighted by atomic mass is 35.5. The van der Waals surface area contributed by atoms with Crippen molar-refractivity contribution in [2.75, 3.05) is 0 Å². The highest BCUT2D eigenvalue weighted by molar-refractivity contribution is 7.14. The minimum absolute atomic E-state index is 0.129. The minimum atomic E-state index is -0.556. The van der Waals surface area contributed by atoms with Crippen LogP contribution in [0.4, 0.5) is 0 Å². The fraction of sp³-hybridized carbons (Fsp3) is 0.176. The Morgan fingerprint density at radius 3 is 2.78 bits per heavy atom. The monoisotopic (exact) mass is 346 g/mol. The number of amides is 1. The highest BCUT2D eigenvalue weighted by Crippen LogP contribution is 2.19. The van der Waals surface area contributed by atoms with Crippen LogP contribution < -0.4 is 10.9 Å². The Morgan fingerprint density at radius 1 is 1.26 bits per heavy atom. The zero-order chi connectivity index (χ0) is 16.4. The molecule has 1 unspecified atom stereocenters. The number of fused-ring (bicyclic) bond motifs is 1. The number of benzene rings is 2. The Hall–Kier alpha value is -2.11. The van der Waals surface area contributed by atoms with Crippen molar-refractivity contribution in [2.24, 2.45) is 0 Å². The Morgan fingerprint density at radius 2 is 2.04 bits per heavy atom. The normalized spacial score (nSPS) is 12.3. The predicted octanol–water partition coefficient (Wildman–Crippen LogP) is 3.59. The molecular weight excluding hydrogens is 332 g/mol. The molecule has 23 heavy (non-hydrogen) atoms. The van der Waals surface area contributed by atoms with Crippen molar-refractivity contribution in [1.29, 1.82) is 0 Å². The molecule has 0 bridgehead atoms. The molecule has 0 saturated carbocycles. The summed E-state index contributed by atoms with van der Waals surface area (Å²) in [6, 6.07) is 14.1. The third-order valence-corrected chi connectivity index (χ3v) is 5.07. The molecule has 0 aliphatic heterocycles. The van der Waals surface area contributed by atoms with Gasteiger partial charge in [-0.1, -0.05) is 47.4 Å². The molecule has 0 spiro atoms. The fourth-order valence-corrected chi connectivity index (χ4v) is 3.59. The molecule has 118 valence electrons. The van der Waals surface area contributed by atoms with Crippen LogP contribution >= 0.6 is 23.1 Å². The van der Waals surface area contributed by atoms with Crippen molar-refractivity contribution in [2.45, 2.75) is 19.5 Å². The second kappa shape index (κ2) is 6.56. The van der Waals surface area contributed by atoms with Crippen LogP contribution in [0.5, 0.6) is 0 Å². The van der Waals surface area contributed by atoms with Crippen LogP contribution in [0.25, 0.3) is 10.1 Å². The lowest BCUT2D eigenvalue weighted by Crippen LogP contribution is -2.33. The first-order valence-electron chi connectivity index (χ1n) is 7.19. The van der Waals surface area contributed by atoms with E-state index in [0.29, 0.717) is 17.0 Å². The van der Waals surface area contributed by atoms with Crippen LogP contribution in [0.2, 0.25) is 5.02 Å². The number of hydrogen-bond donors (Lipinski definition) is 1. The van der Waals surface area contributed by atoms with E-state index in [2.05, 4.69) is 5.32 Å². The number of rotatable bonds is 4. The van der Waals surface area contributed by atoms with Gasteiger partial charge in [0.2, 0.25) is 5.91 Å². The van der Waals surface area contributed by atoms with E-state index in [0.717, 1.165) is 10.3 Å². The summed E-state index contributed by atoms with van der Waals surface area (Å²) in [7, 11) is 0. The van der Waals surface area contributed by atoms with Crippen LogP contribution in [0.1, 0.15) is 18.5 Å². The van der Waals surface area contributed by atoms with E-state index in [1.165, 1.54) is 15.5 Å². The average molecular weight is 347 g/mol. The maximum atomic E-state index is 12.4. The summed E-state index contributed by atoms with van der Waals surface area (Å²) in [5, 5.41) is 4.12. The van der Waals surface area contributed by atoms with Crippen molar-refractivity contribution in [3.63, 3.8) is 0 Å². The first-order chi connectivity index (χ1) is 11.1. The maximum absolute atomic E-state index is 12.4. The van der Waals surface area contributed by atoms with Crippen LogP contribution in [-0.4, -0.2) is 9.86 Å². The number of hydrogen-bond acceptors (Lipinski definition) is 3. The zero-order valence-electron chi connectivity index (χ0n) is 12.5. The van der Waals surface area contributed by atoms with Crippen molar-refractivity contribution < 1.29 is 4.79 Å². The fourth-order valence-electron chi connectivity index (χ4n) is 2.33. The van der Waals surface area contributed by atoms with Gasteiger partial charge >= 0.3 is 0 Å². The predicted molar refractivity (Wildman–Crippen MR) is 94.1 cm³/mol. The number of aromatic nitrogens is 1. The van der Waals surface area contributed by atoms with Gasteiger partial charge in [-0.3, -0.25) is 13.5 Å². The Kier molecular flexibility index (Phi) is 4.50. The number of nitrogens with zero attached hydrogens (tertiary/aromatic N) is 1. The summed E-state index contributed by atoms with van der Waals surface area (Å²) >= 11 is 7.23. The van der Waals surface area contributed by atoms with E-state index in [9.17, 15) is 9.59 Å². The summed E-state index contributed by atoms with van der Waals surface area (Å²) in [5.74, 6) is -0.196. The third-order valence-electron chi connectivity index (χ3n) is 3.60. The van der Waals surface area contributed by atoms with Gasteiger partial charge in [0.15, 0.2) is 0 Å². The van der Waals surface area contributed by atoms with Crippen LogP contribution in [0.15, 0.2) is 53.3 Å². The smallest absolute Gasteiger partial charge is 0.269 e. The van der Waals surface area contributed by atoms with Gasteiger partial charge in [-0.25, -0.2) is 0 Å². The molecule has 3 rings (SSSR count). The lowest BCUT2D eigenvalue weighted by molar-refractivity contribution is -0.123. The van der Waals surface area contributed by atoms with Gasteiger partial charge in [-0.2, -0.15) is 0 Å². The second-order valence-electron chi connectivity index (χ2n) is 5.24. The van der Waals surface area contributed by atoms with Crippen molar-refractivity contribution in [3.05, 3.63) is 69.5 Å².